The minimum Gasteiger partial charge on any atom is -0.497 e. The molecule has 1 aliphatic heterocycles. The molecule has 0 unspecified atom stereocenters. The van der Waals surface area contributed by atoms with Crippen LogP contribution in [0.15, 0.2) is 30.5 Å². The Kier molecular flexibility index (Phi) is 7.79. The molecule has 180 valence electrons. The zero-order chi connectivity index (χ0) is 24.2. The third-order valence-corrected chi connectivity index (χ3v) is 6.06. The Morgan fingerprint density at radius 3 is 2.67 bits per heavy atom. The largest absolute Gasteiger partial charge is 0.497 e. The predicted octanol–water partition coefficient (Wildman–Crippen LogP) is 4.10. The van der Waals surface area contributed by atoms with Gasteiger partial charge in [0.05, 0.1) is 31.8 Å². The summed E-state index contributed by atoms with van der Waals surface area (Å²) in [4.78, 5) is 30.9. The van der Waals surface area contributed by atoms with Crippen molar-refractivity contribution < 1.29 is 28.9 Å². The van der Waals surface area contributed by atoms with Crippen molar-refractivity contribution in [2.45, 2.75) is 51.7 Å². The molecule has 3 atom stereocenters. The topological polar surface area (TPSA) is 98.2 Å². The molecular formula is C25H34N2O6. The lowest BCUT2D eigenvalue weighted by Crippen LogP contribution is -2.48. The Hall–Kier alpha value is -2.87. The van der Waals surface area contributed by atoms with Crippen molar-refractivity contribution in [2.75, 3.05) is 27.3 Å². The van der Waals surface area contributed by atoms with Gasteiger partial charge >= 0.3 is 12.1 Å². The van der Waals surface area contributed by atoms with Crippen molar-refractivity contribution in [1.82, 2.24) is 9.88 Å². The first kappa shape index (κ1) is 24.8. The zero-order valence-electron chi connectivity index (χ0n) is 20.0. The third-order valence-electron chi connectivity index (χ3n) is 6.06. The molecule has 33 heavy (non-hydrogen) atoms. The van der Waals surface area contributed by atoms with E-state index in [1.54, 1.807) is 18.2 Å². The lowest BCUT2D eigenvalue weighted by Gasteiger charge is -2.38. The Balaban J connectivity index is 1.70. The van der Waals surface area contributed by atoms with Crippen molar-refractivity contribution in [1.29, 1.82) is 0 Å². The van der Waals surface area contributed by atoms with Crippen LogP contribution >= 0.6 is 0 Å². The van der Waals surface area contributed by atoms with Crippen LogP contribution in [0.1, 0.15) is 51.7 Å². The number of likely N-dealkylation sites (tertiary alicyclic amines) is 1. The van der Waals surface area contributed by atoms with E-state index in [4.69, 9.17) is 14.2 Å². The number of aromatic nitrogens is 1. The number of carbonyl (C=O) groups is 2. The number of carbonyl (C=O) groups excluding carboxylic acids is 2. The maximum Gasteiger partial charge on any atom is 0.410 e. The number of esters is 1. The molecule has 1 aromatic carbocycles. The Morgan fingerprint density at radius 2 is 2.00 bits per heavy atom. The summed E-state index contributed by atoms with van der Waals surface area (Å²) in [6.07, 6.45) is 2.27. The number of hydrogen-bond acceptors (Lipinski definition) is 7. The third kappa shape index (κ3) is 6.13. The Bertz CT molecular complexity index is 987. The van der Waals surface area contributed by atoms with Gasteiger partial charge in [0.1, 0.15) is 11.4 Å². The highest BCUT2D eigenvalue weighted by Crippen LogP contribution is 2.34. The molecule has 1 amide bonds. The highest BCUT2D eigenvalue weighted by molar-refractivity contribution is 5.83. The smallest absolute Gasteiger partial charge is 0.410 e. The van der Waals surface area contributed by atoms with Crippen molar-refractivity contribution >= 4 is 23.0 Å². The predicted molar refractivity (Wildman–Crippen MR) is 124 cm³/mol. The molecule has 0 aliphatic carbocycles. The molecule has 0 spiro atoms. The van der Waals surface area contributed by atoms with Crippen LogP contribution < -0.4 is 4.74 Å². The second-order valence-corrected chi connectivity index (χ2v) is 9.48. The highest BCUT2D eigenvalue weighted by Gasteiger charge is 2.38. The van der Waals surface area contributed by atoms with E-state index in [0.29, 0.717) is 31.6 Å². The van der Waals surface area contributed by atoms with Crippen molar-refractivity contribution in [3.8, 4) is 5.75 Å². The second-order valence-electron chi connectivity index (χ2n) is 9.48. The monoisotopic (exact) mass is 458 g/mol. The average Bonchev–Trinajstić information content (AvgIpc) is 2.79. The molecule has 8 nitrogen and oxygen atoms in total. The van der Waals surface area contributed by atoms with Gasteiger partial charge in [0, 0.05) is 24.7 Å². The molecule has 1 fully saturated rings. The zero-order valence-corrected chi connectivity index (χ0v) is 20.0. The maximum absolute atomic E-state index is 12.5. The minimum atomic E-state index is -0.718. The normalized spacial score (nSPS) is 19.8. The number of methoxy groups -OCH3 is 2. The van der Waals surface area contributed by atoms with Gasteiger partial charge < -0.3 is 24.2 Å². The number of hydrogen-bond donors (Lipinski definition) is 1. The van der Waals surface area contributed by atoms with Gasteiger partial charge in [-0.3, -0.25) is 9.78 Å². The fraction of sp³-hybridized carbons (Fsp3) is 0.560. The van der Waals surface area contributed by atoms with Crippen LogP contribution in [0.25, 0.3) is 10.9 Å². The quantitative estimate of drug-likeness (QED) is 0.651. The lowest BCUT2D eigenvalue weighted by molar-refractivity contribution is -0.149. The maximum atomic E-state index is 12.5. The summed E-state index contributed by atoms with van der Waals surface area (Å²) in [5.41, 5.74) is 0.958. The summed E-state index contributed by atoms with van der Waals surface area (Å²) in [7, 11) is 2.96. The summed E-state index contributed by atoms with van der Waals surface area (Å²) in [5.74, 6) is -0.114. The van der Waals surface area contributed by atoms with Gasteiger partial charge in [-0.05, 0) is 75.8 Å². The first-order chi connectivity index (χ1) is 15.6. The SMILES string of the molecule is COC(=O)[C@H]1CN(C(=O)OC(C)(C)C)CC[C@H]1CC[C@H](O)c1ccnc2ccc(OC)cc12. The van der Waals surface area contributed by atoms with Crippen LogP contribution in [0.5, 0.6) is 5.75 Å². The average molecular weight is 459 g/mol. The number of amides is 1. The second kappa shape index (κ2) is 10.4. The molecule has 0 bridgehead atoms. The van der Waals surface area contributed by atoms with Crippen LogP contribution in [0.3, 0.4) is 0 Å². The van der Waals surface area contributed by atoms with Crippen LogP contribution in [0.4, 0.5) is 4.79 Å². The van der Waals surface area contributed by atoms with Gasteiger partial charge in [-0.15, -0.1) is 0 Å². The van der Waals surface area contributed by atoms with E-state index < -0.39 is 23.7 Å². The number of piperidine rings is 1. The van der Waals surface area contributed by atoms with E-state index in [2.05, 4.69) is 4.98 Å². The molecule has 0 saturated carbocycles. The van der Waals surface area contributed by atoms with Gasteiger partial charge in [0.15, 0.2) is 0 Å². The molecule has 1 aliphatic rings. The summed E-state index contributed by atoms with van der Waals surface area (Å²) in [6.45, 7) is 6.19. The molecule has 1 saturated heterocycles. The molecule has 2 heterocycles. The van der Waals surface area contributed by atoms with Crippen LogP contribution in [-0.4, -0.2) is 60.0 Å². The van der Waals surface area contributed by atoms with Gasteiger partial charge in [0.25, 0.3) is 0 Å². The number of ether oxygens (including phenoxy) is 3. The van der Waals surface area contributed by atoms with Crippen LogP contribution in [0, 0.1) is 11.8 Å². The molecule has 3 rings (SSSR count). The van der Waals surface area contributed by atoms with Crippen LogP contribution in [-0.2, 0) is 14.3 Å². The Labute approximate surface area is 194 Å². The van der Waals surface area contributed by atoms with E-state index in [9.17, 15) is 14.7 Å². The number of aliphatic hydroxyl groups is 1. The molecule has 1 aromatic heterocycles. The van der Waals surface area contributed by atoms with E-state index in [-0.39, 0.29) is 18.4 Å². The minimum absolute atomic E-state index is 0.00609. The number of rotatable bonds is 6. The molecule has 8 heteroatoms. The lowest BCUT2D eigenvalue weighted by atomic mass is 9.81. The molecule has 2 aromatic rings. The van der Waals surface area contributed by atoms with Gasteiger partial charge in [0.2, 0.25) is 0 Å². The van der Waals surface area contributed by atoms with Crippen molar-refractivity contribution in [3.63, 3.8) is 0 Å². The van der Waals surface area contributed by atoms with Crippen LogP contribution in [0.2, 0.25) is 0 Å². The first-order valence-electron chi connectivity index (χ1n) is 11.3. The van der Waals surface area contributed by atoms with E-state index in [1.165, 1.54) is 7.11 Å². The summed E-state index contributed by atoms with van der Waals surface area (Å²) in [6, 6.07) is 7.39. The number of nitrogens with zero attached hydrogens (tertiary/aromatic N) is 2. The highest BCUT2D eigenvalue weighted by atomic mass is 16.6. The summed E-state index contributed by atoms with van der Waals surface area (Å²) in [5, 5.41) is 11.8. The van der Waals surface area contributed by atoms with E-state index >= 15 is 0 Å². The summed E-state index contributed by atoms with van der Waals surface area (Å²) < 4.78 is 15.8. The fourth-order valence-electron chi connectivity index (χ4n) is 4.35. The van der Waals surface area contributed by atoms with Gasteiger partial charge in [-0.1, -0.05) is 0 Å². The summed E-state index contributed by atoms with van der Waals surface area (Å²) >= 11 is 0. The molecular weight excluding hydrogens is 424 g/mol. The van der Waals surface area contributed by atoms with E-state index in [1.807, 2.05) is 45.0 Å². The van der Waals surface area contributed by atoms with Crippen molar-refractivity contribution in [2.24, 2.45) is 11.8 Å². The first-order valence-corrected chi connectivity index (χ1v) is 11.3. The number of pyridine rings is 1. The fourth-order valence-corrected chi connectivity index (χ4v) is 4.35. The number of fused-ring (bicyclic) bond motifs is 1. The van der Waals surface area contributed by atoms with E-state index in [0.717, 1.165) is 16.5 Å². The standard InChI is InChI=1S/C25H34N2O6/c1-25(2,3)33-24(30)27-13-11-16(20(15-27)23(29)32-5)6-9-22(28)18-10-12-26-21-8-7-17(31-4)14-19(18)21/h7-8,10,12,14,16,20,22,28H,6,9,11,13,15H2,1-5H3/t16-,20+,22+/m1/s1. The van der Waals surface area contributed by atoms with Crippen molar-refractivity contribution in [3.05, 3.63) is 36.0 Å². The number of benzene rings is 1. The van der Waals surface area contributed by atoms with Gasteiger partial charge in [-0.25, -0.2) is 4.79 Å². The van der Waals surface area contributed by atoms with Gasteiger partial charge in [-0.2, -0.15) is 0 Å². The number of aliphatic hydroxyl groups excluding tert-OH is 1. The molecule has 0 radical (unpaired) electrons. The molecule has 1 N–H and O–H groups in total. The Morgan fingerprint density at radius 1 is 1.24 bits per heavy atom.